The Hall–Kier alpha value is -1.97. The van der Waals surface area contributed by atoms with E-state index in [0.717, 1.165) is 18.0 Å². The lowest BCUT2D eigenvalue weighted by atomic mass is 9.96. The van der Waals surface area contributed by atoms with Gasteiger partial charge in [-0.2, -0.15) is 0 Å². The average Bonchev–Trinajstić information content (AvgIpc) is 2.47. The molecular weight excluding hydrogens is 320 g/mol. The zero-order valence-corrected chi connectivity index (χ0v) is 13.4. The molecule has 126 valence electrons. The standard InChI is InChI=1S/C14H20N4O4S/c15-14(20)10-5-7-18(8-6-10)9-13(19)17-11-1-3-12(4-2-11)23(16,21)22/h1-4,10H,5-9H2,(H2,15,20)(H,17,19)(H2,16,21,22)/p+1. The van der Waals surface area contributed by atoms with Crippen LogP contribution in [-0.4, -0.2) is 39.9 Å². The maximum Gasteiger partial charge on any atom is 0.279 e. The molecule has 0 radical (unpaired) electrons. The van der Waals surface area contributed by atoms with Gasteiger partial charge in [-0.25, -0.2) is 13.6 Å². The van der Waals surface area contributed by atoms with Crippen molar-refractivity contribution in [1.82, 2.24) is 0 Å². The molecule has 2 rings (SSSR count). The Labute approximate surface area is 134 Å². The Morgan fingerprint density at radius 2 is 1.74 bits per heavy atom. The minimum absolute atomic E-state index is 0.00496. The highest BCUT2D eigenvalue weighted by molar-refractivity contribution is 7.89. The van der Waals surface area contributed by atoms with Crippen molar-refractivity contribution in [3.05, 3.63) is 24.3 Å². The highest BCUT2D eigenvalue weighted by atomic mass is 32.2. The van der Waals surface area contributed by atoms with E-state index < -0.39 is 10.0 Å². The summed E-state index contributed by atoms with van der Waals surface area (Å²) in [5.74, 6) is -0.531. The molecule has 8 nitrogen and oxygen atoms in total. The van der Waals surface area contributed by atoms with Crippen molar-refractivity contribution in [3.8, 4) is 0 Å². The van der Waals surface area contributed by atoms with Gasteiger partial charge in [0.25, 0.3) is 5.91 Å². The number of primary sulfonamides is 1. The number of hydrogen-bond donors (Lipinski definition) is 4. The fourth-order valence-corrected chi connectivity index (χ4v) is 3.16. The number of nitrogens with two attached hydrogens (primary N) is 2. The lowest BCUT2D eigenvalue weighted by molar-refractivity contribution is -0.897. The number of carbonyl (C=O) groups excluding carboxylic acids is 2. The van der Waals surface area contributed by atoms with Gasteiger partial charge in [-0.05, 0) is 24.3 Å². The van der Waals surface area contributed by atoms with Crippen LogP contribution in [0.2, 0.25) is 0 Å². The quantitative estimate of drug-likeness (QED) is 0.495. The molecule has 0 aliphatic carbocycles. The van der Waals surface area contributed by atoms with Crippen LogP contribution in [0.1, 0.15) is 12.8 Å². The molecule has 1 fully saturated rings. The third-order valence-corrected chi connectivity index (χ3v) is 4.90. The van der Waals surface area contributed by atoms with E-state index in [0.29, 0.717) is 25.1 Å². The van der Waals surface area contributed by atoms with Gasteiger partial charge in [0.1, 0.15) is 0 Å². The molecule has 9 heteroatoms. The number of hydrogen-bond acceptors (Lipinski definition) is 4. The molecule has 1 aliphatic rings. The Morgan fingerprint density at radius 3 is 2.22 bits per heavy atom. The third-order valence-electron chi connectivity index (χ3n) is 3.97. The van der Waals surface area contributed by atoms with Crippen LogP contribution in [-0.2, 0) is 19.6 Å². The van der Waals surface area contributed by atoms with Gasteiger partial charge in [-0.15, -0.1) is 0 Å². The predicted octanol–water partition coefficient (Wildman–Crippen LogP) is -1.95. The third kappa shape index (κ3) is 5.02. The van der Waals surface area contributed by atoms with Crippen LogP contribution in [0.5, 0.6) is 0 Å². The summed E-state index contributed by atoms with van der Waals surface area (Å²) in [6, 6.07) is 5.67. The maximum atomic E-state index is 12.0. The summed E-state index contributed by atoms with van der Waals surface area (Å²) in [7, 11) is -3.74. The van der Waals surface area contributed by atoms with Crippen LogP contribution < -0.4 is 21.1 Å². The first kappa shape index (κ1) is 17.4. The lowest BCUT2D eigenvalue weighted by Crippen LogP contribution is -3.14. The molecule has 0 unspecified atom stereocenters. The van der Waals surface area contributed by atoms with Crippen molar-refractivity contribution >= 4 is 27.5 Å². The van der Waals surface area contributed by atoms with Gasteiger partial charge in [0.05, 0.1) is 18.0 Å². The molecule has 1 saturated heterocycles. The zero-order chi connectivity index (χ0) is 17.0. The van der Waals surface area contributed by atoms with Crippen LogP contribution >= 0.6 is 0 Å². The lowest BCUT2D eigenvalue weighted by Gasteiger charge is -2.27. The number of amides is 2. The second-order valence-electron chi connectivity index (χ2n) is 5.72. The van der Waals surface area contributed by atoms with Gasteiger partial charge in [0.2, 0.25) is 15.9 Å². The van der Waals surface area contributed by atoms with E-state index in [1.165, 1.54) is 24.3 Å². The molecule has 1 aromatic carbocycles. The molecular formula is C14H21N4O4S+. The normalized spacial score (nSPS) is 21.6. The van der Waals surface area contributed by atoms with Gasteiger partial charge in [-0.1, -0.05) is 0 Å². The van der Waals surface area contributed by atoms with Crippen molar-refractivity contribution < 1.29 is 22.9 Å². The average molecular weight is 341 g/mol. The topological polar surface area (TPSA) is 137 Å². The summed E-state index contributed by atoms with van der Waals surface area (Å²) in [6.07, 6.45) is 1.39. The smallest absolute Gasteiger partial charge is 0.279 e. The van der Waals surface area contributed by atoms with E-state index in [-0.39, 0.29) is 22.6 Å². The number of sulfonamides is 1. The number of rotatable bonds is 5. The van der Waals surface area contributed by atoms with Gasteiger partial charge in [-0.3, -0.25) is 9.59 Å². The molecule has 0 atom stereocenters. The Balaban J connectivity index is 1.85. The van der Waals surface area contributed by atoms with Crippen LogP contribution in [0, 0.1) is 5.92 Å². The number of nitrogens with one attached hydrogen (secondary N) is 2. The van der Waals surface area contributed by atoms with Crippen LogP contribution in [0.25, 0.3) is 0 Å². The van der Waals surface area contributed by atoms with E-state index in [1.54, 1.807) is 0 Å². The van der Waals surface area contributed by atoms with E-state index in [4.69, 9.17) is 10.9 Å². The van der Waals surface area contributed by atoms with E-state index in [1.807, 2.05) is 0 Å². The van der Waals surface area contributed by atoms with Crippen LogP contribution in [0.3, 0.4) is 0 Å². The maximum absolute atomic E-state index is 12.0. The van der Waals surface area contributed by atoms with Gasteiger partial charge in [0, 0.05) is 24.4 Å². The Kier molecular flexibility index (Phi) is 5.34. The summed E-state index contributed by atoms with van der Waals surface area (Å²) in [5.41, 5.74) is 5.79. The van der Waals surface area contributed by atoms with Crippen molar-refractivity contribution in [2.24, 2.45) is 16.8 Å². The molecule has 1 heterocycles. The molecule has 1 aliphatic heterocycles. The molecule has 6 N–H and O–H groups in total. The van der Waals surface area contributed by atoms with Crippen molar-refractivity contribution in [1.29, 1.82) is 0 Å². The summed E-state index contributed by atoms with van der Waals surface area (Å²) in [4.78, 5) is 24.2. The molecule has 1 aromatic rings. The van der Waals surface area contributed by atoms with Crippen LogP contribution in [0.15, 0.2) is 29.2 Å². The van der Waals surface area contributed by atoms with Gasteiger partial charge in [0.15, 0.2) is 6.54 Å². The Bertz CT molecular complexity index is 679. The first-order chi connectivity index (χ1) is 10.8. The second-order valence-corrected chi connectivity index (χ2v) is 7.28. The number of anilines is 1. The molecule has 0 aromatic heterocycles. The zero-order valence-electron chi connectivity index (χ0n) is 12.6. The molecule has 23 heavy (non-hydrogen) atoms. The number of piperidine rings is 1. The first-order valence-electron chi connectivity index (χ1n) is 7.31. The molecule has 2 amide bonds. The van der Waals surface area contributed by atoms with Crippen LogP contribution in [0.4, 0.5) is 5.69 Å². The first-order valence-corrected chi connectivity index (χ1v) is 8.86. The largest absolute Gasteiger partial charge is 0.369 e. The van der Waals surface area contributed by atoms with E-state index in [2.05, 4.69) is 5.32 Å². The fraction of sp³-hybridized carbons (Fsp3) is 0.429. The molecule has 0 saturated carbocycles. The van der Waals surface area contributed by atoms with Gasteiger partial charge < -0.3 is 16.0 Å². The minimum Gasteiger partial charge on any atom is -0.369 e. The number of primary amides is 1. The van der Waals surface area contributed by atoms with Crippen molar-refractivity contribution in [2.45, 2.75) is 17.7 Å². The van der Waals surface area contributed by atoms with Crippen molar-refractivity contribution in [2.75, 3.05) is 25.0 Å². The summed E-state index contributed by atoms with van der Waals surface area (Å²) < 4.78 is 22.3. The number of benzene rings is 1. The fourth-order valence-electron chi connectivity index (χ4n) is 2.65. The van der Waals surface area contributed by atoms with E-state index >= 15 is 0 Å². The second kappa shape index (κ2) is 7.07. The monoisotopic (exact) mass is 341 g/mol. The number of quaternary nitrogens is 1. The van der Waals surface area contributed by atoms with Gasteiger partial charge >= 0.3 is 0 Å². The summed E-state index contributed by atoms with van der Waals surface area (Å²) in [6.45, 7) is 1.75. The Morgan fingerprint density at radius 1 is 1.17 bits per heavy atom. The SMILES string of the molecule is NC(=O)C1CC[NH+](CC(=O)Nc2ccc(S(N)(=O)=O)cc2)CC1. The molecule has 0 spiro atoms. The van der Waals surface area contributed by atoms with Crippen molar-refractivity contribution in [3.63, 3.8) is 0 Å². The number of likely N-dealkylation sites (tertiary alicyclic amines) is 1. The predicted molar refractivity (Wildman–Crippen MR) is 83.9 cm³/mol. The highest BCUT2D eigenvalue weighted by Gasteiger charge is 2.26. The minimum atomic E-state index is -3.74. The summed E-state index contributed by atoms with van der Waals surface area (Å²) in [5, 5.41) is 7.73. The number of carbonyl (C=O) groups is 2. The summed E-state index contributed by atoms with van der Waals surface area (Å²) >= 11 is 0. The molecule has 0 bridgehead atoms. The van der Waals surface area contributed by atoms with E-state index in [9.17, 15) is 18.0 Å². The highest BCUT2D eigenvalue weighted by Crippen LogP contribution is 2.12.